The van der Waals surface area contributed by atoms with Crippen molar-refractivity contribution in [3.63, 3.8) is 0 Å². The van der Waals surface area contributed by atoms with Gasteiger partial charge in [-0.3, -0.25) is 19.3 Å². The number of Topliss-reactive ketones (excluding diaryl/α,β-unsaturated/α-hetero) is 1. The van der Waals surface area contributed by atoms with Crippen LogP contribution in [0.4, 0.5) is 0 Å². The Hall–Kier alpha value is -1.49. The third-order valence-electron chi connectivity index (χ3n) is 5.90. The summed E-state index contributed by atoms with van der Waals surface area (Å²) in [5.74, 6) is -0.0888. The number of ketones is 2. The van der Waals surface area contributed by atoms with Gasteiger partial charge < -0.3 is 5.32 Å². The summed E-state index contributed by atoms with van der Waals surface area (Å²) in [7, 11) is 0. The predicted molar refractivity (Wildman–Crippen MR) is 107 cm³/mol. The number of hydrogen-bond donors (Lipinski definition) is 1. The molecule has 152 valence electrons. The minimum atomic E-state index is -0.445. The second-order valence-corrected chi connectivity index (χ2v) is 8.16. The average molecular weight is 377 g/mol. The van der Waals surface area contributed by atoms with E-state index in [4.69, 9.17) is 0 Å². The highest BCUT2D eigenvalue weighted by molar-refractivity contribution is 6.08. The molecular weight excluding hydrogens is 340 g/mol. The molecule has 1 saturated heterocycles. The fourth-order valence-electron chi connectivity index (χ4n) is 4.31. The summed E-state index contributed by atoms with van der Waals surface area (Å²) in [5.41, 5.74) is 0. The molecule has 1 N–H and O–H groups in total. The van der Waals surface area contributed by atoms with E-state index in [2.05, 4.69) is 17.1 Å². The number of allylic oxidation sites excluding steroid dienone is 2. The molecule has 0 aromatic rings. The van der Waals surface area contributed by atoms with Crippen LogP contribution in [0.1, 0.15) is 71.6 Å². The third-order valence-corrected chi connectivity index (χ3v) is 5.90. The summed E-state index contributed by atoms with van der Waals surface area (Å²) in [5, 5.41) is 3.00. The van der Waals surface area contributed by atoms with Crippen LogP contribution in [0.2, 0.25) is 0 Å². The molecule has 27 heavy (non-hydrogen) atoms. The highest BCUT2D eigenvalue weighted by Crippen LogP contribution is 2.28. The molecule has 5 nitrogen and oxygen atoms in total. The first-order valence-electron chi connectivity index (χ1n) is 10.8. The number of unbranched alkanes of at least 4 members (excludes halogenated alkanes) is 2. The van der Waals surface area contributed by atoms with Gasteiger partial charge in [-0.05, 0) is 50.6 Å². The number of hydrogen-bond acceptors (Lipinski definition) is 4. The molecule has 1 unspecified atom stereocenters. The number of carbonyl (C=O) groups is 3. The van der Waals surface area contributed by atoms with Crippen molar-refractivity contribution in [2.45, 2.75) is 77.7 Å². The SMILES string of the molecule is CCCCCC(=O)NCCCN1CCCC1CC(=O)[C@H]1C(=O)C=CC[C@@H]1C. The van der Waals surface area contributed by atoms with Gasteiger partial charge in [0.05, 0.1) is 5.92 Å². The van der Waals surface area contributed by atoms with Crippen LogP contribution in [-0.2, 0) is 14.4 Å². The molecule has 1 aliphatic carbocycles. The van der Waals surface area contributed by atoms with Gasteiger partial charge in [0.15, 0.2) is 5.78 Å². The van der Waals surface area contributed by atoms with Gasteiger partial charge >= 0.3 is 0 Å². The number of amides is 1. The Morgan fingerprint density at radius 3 is 2.81 bits per heavy atom. The van der Waals surface area contributed by atoms with Crippen LogP contribution in [0.15, 0.2) is 12.2 Å². The van der Waals surface area contributed by atoms with E-state index in [0.29, 0.717) is 19.4 Å². The van der Waals surface area contributed by atoms with Crippen LogP contribution in [0.25, 0.3) is 0 Å². The first-order chi connectivity index (χ1) is 13.0. The lowest BCUT2D eigenvalue weighted by molar-refractivity contribution is -0.133. The molecule has 0 saturated carbocycles. The number of carbonyl (C=O) groups excluding carboxylic acids is 3. The molecular formula is C22H36N2O3. The van der Waals surface area contributed by atoms with Crippen molar-refractivity contribution in [3.05, 3.63) is 12.2 Å². The molecule has 5 heteroatoms. The van der Waals surface area contributed by atoms with Gasteiger partial charge in [-0.25, -0.2) is 0 Å². The lowest BCUT2D eigenvalue weighted by Gasteiger charge is -2.27. The number of nitrogens with one attached hydrogen (secondary N) is 1. The zero-order valence-electron chi connectivity index (χ0n) is 17.0. The fourth-order valence-corrected chi connectivity index (χ4v) is 4.31. The van der Waals surface area contributed by atoms with Crippen molar-refractivity contribution in [2.75, 3.05) is 19.6 Å². The second kappa shape index (κ2) is 11.4. The van der Waals surface area contributed by atoms with Crippen LogP contribution in [0, 0.1) is 11.8 Å². The summed E-state index contributed by atoms with van der Waals surface area (Å²) in [6.45, 7) is 6.75. The molecule has 1 aliphatic heterocycles. The Morgan fingerprint density at radius 2 is 2.07 bits per heavy atom. The first-order valence-corrected chi connectivity index (χ1v) is 10.8. The van der Waals surface area contributed by atoms with Crippen LogP contribution in [0.3, 0.4) is 0 Å². The summed E-state index contributed by atoms with van der Waals surface area (Å²) in [6.07, 6.45) is 11.6. The maximum Gasteiger partial charge on any atom is 0.219 e. The lowest BCUT2D eigenvalue weighted by Crippen LogP contribution is -2.38. The minimum absolute atomic E-state index is 0.0194. The number of nitrogens with zero attached hydrogens (tertiary/aromatic N) is 1. The Morgan fingerprint density at radius 1 is 1.26 bits per heavy atom. The summed E-state index contributed by atoms with van der Waals surface area (Å²) < 4.78 is 0. The molecule has 2 aliphatic rings. The molecule has 0 radical (unpaired) electrons. The topological polar surface area (TPSA) is 66.5 Å². The molecule has 3 atom stereocenters. The van der Waals surface area contributed by atoms with Crippen molar-refractivity contribution >= 4 is 17.5 Å². The molecule has 0 aromatic carbocycles. The minimum Gasteiger partial charge on any atom is -0.356 e. The largest absolute Gasteiger partial charge is 0.356 e. The van der Waals surface area contributed by atoms with Gasteiger partial charge in [0, 0.05) is 32.0 Å². The smallest absolute Gasteiger partial charge is 0.219 e. The van der Waals surface area contributed by atoms with Gasteiger partial charge in [0.2, 0.25) is 5.91 Å². The van der Waals surface area contributed by atoms with E-state index in [0.717, 1.165) is 58.0 Å². The van der Waals surface area contributed by atoms with Crippen molar-refractivity contribution < 1.29 is 14.4 Å². The van der Waals surface area contributed by atoms with E-state index in [9.17, 15) is 14.4 Å². The predicted octanol–water partition coefficient (Wildman–Crippen LogP) is 3.28. The number of likely N-dealkylation sites (tertiary alicyclic amines) is 1. The van der Waals surface area contributed by atoms with Crippen molar-refractivity contribution in [1.82, 2.24) is 10.2 Å². The van der Waals surface area contributed by atoms with Crippen LogP contribution >= 0.6 is 0 Å². The zero-order valence-corrected chi connectivity index (χ0v) is 17.0. The van der Waals surface area contributed by atoms with E-state index in [1.165, 1.54) is 0 Å². The summed E-state index contributed by atoms with van der Waals surface area (Å²) in [6, 6.07) is 0.253. The normalized spacial score (nSPS) is 25.7. The molecule has 1 amide bonds. The molecule has 0 aromatic heterocycles. The van der Waals surface area contributed by atoms with Gasteiger partial charge in [-0.1, -0.05) is 32.8 Å². The summed E-state index contributed by atoms with van der Waals surface area (Å²) >= 11 is 0. The molecule has 1 heterocycles. The fraction of sp³-hybridized carbons (Fsp3) is 0.773. The van der Waals surface area contributed by atoms with E-state index < -0.39 is 5.92 Å². The van der Waals surface area contributed by atoms with Crippen LogP contribution < -0.4 is 5.32 Å². The van der Waals surface area contributed by atoms with Crippen molar-refractivity contribution in [2.24, 2.45) is 11.8 Å². The Labute approximate surface area is 163 Å². The van der Waals surface area contributed by atoms with Crippen molar-refractivity contribution in [3.8, 4) is 0 Å². The molecule has 0 bridgehead atoms. The second-order valence-electron chi connectivity index (χ2n) is 8.16. The standard InChI is InChI=1S/C22H36N2O3/c1-3-4-5-12-21(27)23-13-8-15-24-14-7-10-18(24)16-20(26)22-17(2)9-6-11-19(22)25/h6,11,17-18,22H,3-5,7-10,12-16H2,1-2H3,(H,23,27)/t17-,18?,22+/m0/s1. The average Bonchev–Trinajstić information content (AvgIpc) is 3.06. The zero-order chi connectivity index (χ0) is 19.6. The first kappa shape index (κ1) is 21.8. The molecule has 1 fully saturated rings. The lowest BCUT2D eigenvalue weighted by atomic mass is 9.79. The highest BCUT2D eigenvalue weighted by atomic mass is 16.2. The van der Waals surface area contributed by atoms with Crippen LogP contribution in [0.5, 0.6) is 0 Å². The maximum absolute atomic E-state index is 12.7. The Kier molecular flexibility index (Phi) is 9.19. The quantitative estimate of drug-likeness (QED) is 0.444. The van der Waals surface area contributed by atoms with Gasteiger partial charge in [-0.2, -0.15) is 0 Å². The van der Waals surface area contributed by atoms with Gasteiger partial charge in [0.25, 0.3) is 0 Å². The van der Waals surface area contributed by atoms with Crippen molar-refractivity contribution in [1.29, 1.82) is 0 Å². The molecule has 0 spiro atoms. The van der Waals surface area contributed by atoms with E-state index in [-0.39, 0.29) is 29.4 Å². The Balaban J connectivity index is 1.70. The monoisotopic (exact) mass is 376 g/mol. The van der Waals surface area contributed by atoms with E-state index in [1.54, 1.807) is 6.08 Å². The number of rotatable bonds is 11. The van der Waals surface area contributed by atoms with Crippen LogP contribution in [-0.4, -0.2) is 48.0 Å². The summed E-state index contributed by atoms with van der Waals surface area (Å²) in [4.78, 5) is 39.0. The third kappa shape index (κ3) is 6.87. The maximum atomic E-state index is 12.7. The van der Waals surface area contributed by atoms with Gasteiger partial charge in [0.1, 0.15) is 5.78 Å². The molecule has 2 rings (SSSR count). The van der Waals surface area contributed by atoms with Gasteiger partial charge in [-0.15, -0.1) is 0 Å². The highest BCUT2D eigenvalue weighted by Gasteiger charge is 2.35. The van der Waals surface area contributed by atoms with E-state index >= 15 is 0 Å². The van der Waals surface area contributed by atoms with E-state index in [1.807, 2.05) is 13.0 Å². The Bertz CT molecular complexity index is 544.